The third kappa shape index (κ3) is 1.98. The molecule has 23 heavy (non-hydrogen) atoms. The van der Waals surface area contributed by atoms with Crippen molar-refractivity contribution < 1.29 is 4.79 Å². The molecule has 2 unspecified atom stereocenters. The van der Waals surface area contributed by atoms with E-state index in [-0.39, 0.29) is 11.9 Å². The van der Waals surface area contributed by atoms with E-state index in [1.54, 1.807) is 0 Å². The number of aromatic nitrogens is 1. The van der Waals surface area contributed by atoms with E-state index in [0.717, 1.165) is 24.2 Å². The average Bonchev–Trinajstić information content (AvgIpc) is 3.07. The molecule has 0 saturated heterocycles. The topological polar surface area (TPSA) is 56.9 Å². The highest BCUT2D eigenvalue weighted by atomic mass is 16.1. The Hall–Kier alpha value is -2.07. The van der Waals surface area contributed by atoms with Crippen LogP contribution in [0.4, 0.5) is 0 Å². The minimum absolute atomic E-state index is 0.0160. The molecular formula is C19H21N3O. The van der Waals surface area contributed by atoms with Crippen LogP contribution < -0.4 is 10.6 Å². The molecule has 2 atom stereocenters. The van der Waals surface area contributed by atoms with Gasteiger partial charge in [0.2, 0.25) is 0 Å². The van der Waals surface area contributed by atoms with Crippen molar-refractivity contribution in [1.82, 2.24) is 15.6 Å². The largest absolute Gasteiger partial charge is 0.357 e. The lowest BCUT2D eigenvalue weighted by Gasteiger charge is -2.27. The zero-order chi connectivity index (χ0) is 15.4. The van der Waals surface area contributed by atoms with Crippen molar-refractivity contribution in [3.05, 3.63) is 58.9 Å². The maximum atomic E-state index is 12.1. The van der Waals surface area contributed by atoms with Crippen LogP contribution in [0.25, 0.3) is 0 Å². The number of hydrogen-bond donors (Lipinski definition) is 3. The normalized spacial score (nSPS) is 27.2. The summed E-state index contributed by atoms with van der Waals surface area (Å²) in [7, 11) is 0. The molecule has 1 aliphatic heterocycles. The first-order valence-electron chi connectivity index (χ1n) is 8.56. The van der Waals surface area contributed by atoms with Gasteiger partial charge in [0.1, 0.15) is 5.69 Å². The van der Waals surface area contributed by atoms with Crippen LogP contribution in [0.1, 0.15) is 58.5 Å². The highest BCUT2D eigenvalue weighted by molar-refractivity contribution is 5.94. The molecule has 1 aromatic carbocycles. The van der Waals surface area contributed by atoms with Crippen molar-refractivity contribution in [2.45, 2.75) is 37.8 Å². The van der Waals surface area contributed by atoms with Gasteiger partial charge in [-0.2, -0.15) is 0 Å². The van der Waals surface area contributed by atoms with Crippen LogP contribution >= 0.6 is 0 Å². The Morgan fingerprint density at radius 1 is 1.13 bits per heavy atom. The minimum Gasteiger partial charge on any atom is -0.357 e. The van der Waals surface area contributed by atoms with E-state index in [9.17, 15) is 4.79 Å². The second-order valence-corrected chi connectivity index (χ2v) is 7.24. The van der Waals surface area contributed by atoms with Crippen molar-refractivity contribution in [2.24, 2.45) is 5.41 Å². The summed E-state index contributed by atoms with van der Waals surface area (Å²) in [6.45, 7) is 0.723. The zero-order valence-electron chi connectivity index (χ0n) is 13.1. The summed E-state index contributed by atoms with van der Waals surface area (Å²) in [5, 5.41) is 6.90. The van der Waals surface area contributed by atoms with Gasteiger partial charge in [0.05, 0.1) is 0 Å². The molecule has 1 fully saturated rings. The van der Waals surface area contributed by atoms with Gasteiger partial charge in [-0.1, -0.05) is 24.3 Å². The average molecular weight is 307 g/mol. The first-order chi connectivity index (χ1) is 11.3. The number of benzene rings is 1. The van der Waals surface area contributed by atoms with E-state index in [1.807, 2.05) is 6.20 Å². The maximum Gasteiger partial charge on any atom is 0.268 e. The Kier molecular flexibility index (Phi) is 2.74. The molecule has 5 rings (SSSR count). The number of carbonyl (C=O) groups is 1. The van der Waals surface area contributed by atoms with Gasteiger partial charge in [0.15, 0.2) is 0 Å². The number of rotatable bonds is 2. The fourth-order valence-electron chi connectivity index (χ4n) is 4.50. The highest BCUT2D eigenvalue weighted by Gasteiger charge is 2.54. The first-order valence-corrected chi connectivity index (χ1v) is 8.56. The van der Waals surface area contributed by atoms with Crippen molar-refractivity contribution >= 4 is 5.91 Å². The third-order valence-corrected chi connectivity index (χ3v) is 5.88. The number of aromatic amines is 1. The zero-order valence-corrected chi connectivity index (χ0v) is 13.1. The maximum absolute atomic E-state index is 12.1. The summed E-state index contributed by atoms with van der Waals surface area (Å²) in [6, 6.07) is 11.5. The van der Waals surface area contributed by atoms with Crippen LogP contribution in [0.2, 0.25) is 0 Å². The number of H-pyrrole nitrogens is 1. The summed E-state index contributed by atoms with van der Waals surface area (Å²) in [6.07, 6.45) is 6.63. The van der Waals surface area contributed by atoms with Crippen LogP contribution in [0.5, 0.6) is 0 Å². The number of amides is 1. The first kappa shape index (κ1) is 13.4. The van der Waals surface area contributed by atoms with Crippen molar-refractivity contribution in [2.75, 3.05) is 6.54 Å². The molecule has 2 heterocycles. The van der Waals surface area contributed by atoms with Crippen molar-refractivity contribution in [3.8, 4) is 0 Å². The van der Waals surface area contributed by atoms with Crippen LogP contribution in [-0.2, 0) is 6.42 Å². The van der Waals surface area contributed by atoms with Gasteiger partial charge >= 0.3 is 0 Å². The van der Waals surface area contributed by atoms with Crippen LogP contribution in [0, 0.1) is 5.41 Å². The Morgan fingerprint density at radius 2 is 2.00 bits per heavy atom. The summed E-state index contributed by atoms with van der Waals surface area (Å²) in [5.74, 6) is 0.0160. The molecule has 1 aromatic heterocycles. The number of carbonyl (C=O) groups excluding carboxylic acids is 1. The Labute approximate surface area is 135 Å². The standard InChI is InChI=1S/C19H21N3O/c23-18-16-14(5-9-20-16)15(6-10-21-18)22-17-13-4-2-1-3-12(13)11-19(17)7-8-19/h1-5,9,15,17,20,22H,6-8,10-11H2,(H,21,23). The lowest BCUT2D eigenvalue weighted by atomic mass is 9.94. The second kappa shape index (κ2) is 4.71. The lowest BCUT2D eigenvalue weighted by Crippen LogP contribution is -2.31. The molecular weight excluding hydrogens is 286 g/mol. The molecule has 0 radical (unpaired) electrons. The summed E-state index contributed by atoms with van der Waals surface area (Å²) in [5.41, 5.74) is 5.21. The number of nitrogens with one attached hydrogen (secondary N) is 3. The molecule has 3 aliphatic rings. The highest BCUT2D eigenvalue weighted by Crippen LogP contribution is 2.62. The Bertz CT molecular complexity index is 774. The summed E-state index contributed by atoms with van der Waals surface area (Å²) in [4.78, 5) is 15.2. The van der Waals surface area contributed by atoms with Crippen molar-refractivity contribution in [1.29, 1.82) is 0 Å². The molecule has 1 saturated carbocycles. The van der Waals surface area contributed by atoms with Crippen LogP contribution in [-0.4, -0.2) is 17.4 Å². The summed E-state index contributed by atoms with van der Waals surface area (Å²) >= 11 is 0. The lowest BCUT2D eigenvalue weighted by molar-refractivity contribution is 0.0951. The molecule has 2 aliphatic carbocycles. The Balaban J connectivity index is 1.50. The predicted molar refractivity (Wildman–Crippen MR) is 88.2 cm³/mol. The molecule has 1 spiro atoms. The van der Waals surface area contributed by atoms with Gasteiger partial charge in [0, 0.05) is 24.8 Å². The van der Waals surface area contributed by atoms with E-state index in [0.29, 0.717) is 11.5 Å². The fourth-order valence-corrected chi connectivity index (χ4v) is 4.50. The van der Waals surface area contributed by atoms with Gasteiger partial charge < -0.3 is 15.6 Å². The SMILES string of the molecule is O=C1NCCC(NC2c3ccccc3CC23CC3)c2cc[nH]c21. The van der Waals surface area contributed by atoms with Gasteiger partial charge in [0.25, 0.3) is 5.91 Å². The molecule has 3 N–H and O–H groups in total. The minimum atomic E-state index is 0.0160. The number of hydrogen-bond acceptors (Lipinski definition) is 2. The fraction of sp³-hybridized carbons (Fsp3) is 0.421. The van der Waals surface area contributed by atoms with Crippen LogP contribution in [0.15, 0.2) is 36.5 Å². The monoisotopic (exact) mass is 307 g/mol. The molecule has 4 nitrogen and oxygen atoms in total. The molecule has 4 heteroatoms. The molecule has 2 aromatic rings. The van der Waals surface area contributed by atoms with Crippen LogP contribution in [0.3, 0.4) is 0 Å². The second-order valence-electron chi connectivity index (χ2n) is 7.24. The molecule has 1 amide bonds. The van der Waals surface area contributed by atoms with E-state index in [1.165, 1.54) is 30.4 Å². The molecule has 0 bridgehead atoms. The molecule has 118 valence electrons. The van der Waals surface area contributed by atoms with Gasteiger partial charge in [-0.25, -0.2) is 0 Å². The van der Waals surface area contributed by atoms with E-state index in [2.05, 4.69) is 45.9 Å². The van der Waals surface area contributed by atoms with Gasteiger partial charge in [-0.05, 0) is 53.9 Å². The predicted octanol–water partition coefficient (Wildman–Crippen LogP) is 2.86. The van der Waals surface area contributed by atoms with Gasteiger partial charge in [-0.3, -0.25) is 4.79 Å². The number of fused-ring (bicyclic) bond motifs is 2. The van der Waals surface area contributed by atoms with E-state index < -0.39 is 0 Å². The van der Waals surface area contributed by atoms with E-state index in [4.69, 9.17) is 0 Å². The Morgan fingerprint density at radius 3 is 2.87 bits per heavy atom. The third-order valence-electron chi connectivity index (χ3n) is 5.88. The van der Waals surface area contributed by atoms with Gasteiger partial charge in [-0.15, -0.1) is 0 Å². The smallest absolute Gasteiger partial charge is 0.268 e. The van der Waals surface area contributed by atoms with E-state index >= 15 is 0 Å². The van der Waals surface area contributed by atoms with Crippen molar-refractivity contribution in [3.63, 3.8) is 0 Å². The summed E-state index contributed by atoms with van der Waals surface area (Å²) < 4.78 is 0. The quantitative estimate of drug-likeness (QED) is 0.799.